The summed E-state index contributed by atoms with van der Waals surface area (Å²) in [6.07, 6.45) is -1.81. The Hall–Kier alpha value is 0.864. The van der Waals surface area contributed by atoms with Gasteiger partial charge in [-0.3, -0.25) is 0 Å². The Balaban J connectivity index is 0. The summed E-state index contributed by atoms with van der Waals surface area (Å²) in [6.45, 7) is 5.85. The zero-order chi connectivity index (χ0) is 14.8. The monoisotopic (exact) mass is 368 g/mol. The number of ether oxygens (including phenoxy) is 5. The van der Waals surface area contributed by atoms with Crippen molar-refractivity contribution in [3.8, 4) is 0 Å². The van der Waals surface area contributed by atoms with E-state index in [2.05, 4.69) is 6.92 Å². The van der Waals surface area contributed by atoms with E-state index in [1.807, 2.05) is 6.92 Å². The normalized spacial score (nSPS) is 32.9. The molecule has 1 aliphatic heterocycles. The predicted molar refractivity (Wildman–Crippen MR) is 70.8 cm³/mol. The van der Waals surface area contributed by atoms with Crippen molar-refractivity contribution in [1.82, 2.24) is 0 Å². The Morgan fingerprint density at radius 2 is 1.55 bits per heavy atom. The van der Waals surface area contributed by atoms with Gasteiger partial charge < -0.3 is 35.7 Å². The molecule has 6 nitrogen and oxygen atoms in total. The van der Waals surface area contributed by atoms with E-state index in [9.17, 15) is 5.11 Å². The number of aliphatic hydroxyl groups is 1. The van der Waals surface area contributed by atoms with E-state index in [0.29, 0.717) is 6.61 Å². The second-order valence-corrected chi connectivity index (χ2v) is 4.13. The van der Waals surface area contributed by atoms with E-state index < -0.39 is 18.5 Å². The van der Waals surface area contributed by atoms with Gasteiger partial charge in [-0.1, -0.05) is 6.92 Å². The minimum atomic E-state index is -0.881. The fraction of sp³-hybridized carbons (Fsp3) is 0.923. The molecule has 1 fully saturated rings. The van der Waals surface area contributed by atoms with Crippen LogP contribution in [-0.4, -0.2) is 70.9 Å². The van der Waals surface area contributed by atoms with Crippen molar-refractivity contribution >= 4 is 0 Å². The quantitative estimate of drug-likeness (QED) is 0.718. The molecule has 0 aliphatic carbocycles. The van der Waals surface area contributed by atoms with Crippen molar-refractivity contribution < 1.29 is 61.5 Å². The van der Waals surface area contributed by atoms with Crippen LogP contribution in [0.4, 0.5) is 0 Å². The number of methoxy groups -OCH3 is 4. The van der Waals surface area contributed by atoms with Crippen LogP contribution in [0.15, 0.2) is 0 Å². The van der Waals surface area contributed by atoms with Crippen LogP contribution in [0, 0.1) is 6.92 Å². The zero-order valence-electron chi connectivity index (χ0n) is 13.1. The first-order valence-electron chi connectivity index (χ1n) is 6.31. The van der Waals surface area contributed by atoms with E-state index in [-0.39, 0.29) is 44.9 Å². The minimum absolute atomic E-state index is 0. The maximum Gasteiger partial charge on any atom is 0.186 e. The Morgan fingerprint density at radius 1 is 1.05 bits per heavy atom. The molecule has 5 atom stereocenters. The Morgan fingerprint density at radius 3 is 1.90 bits per heavy atom. The molecule has 0 spiro atoms. The van der Waals surface area contributed by atoms with Gasteiger partial charge in [0.25, 0.3) is 0 Å². The van der Waals surface area contributed by atoms with Crippen LogP contribution in [0.1, 0.15) is 13.3 Å². The summed E-state index contributed by atoms with van der Waals surface area (Å²) in [6, 6.07) is 0. The molecular weight excluding hydrogens is 341 g/mol. The molecule has 2 unspecified atom stereocenters. The van der Waals surface area contributed by atoms with Crippen LogP contribution in [-0.2, 0) is 56.4 Å². The molecule has 7 heteroatoms. The topological polar surface area (TPSA) is 66.4 Å². The molecule has 1 saturated heterocycles. The van der Waals surface area contributed by atoms with Gasteiger partial charge in [0.15, 0.2) is 6.29 Å². The van der Waals surface area contributed by atoms with Crippen molar-refractivity contribution in [3.05, 3.63) is 6.92 Å². The maximum absolute atomic E-state index is 9.92. The van der Waals surface area contributed by atoms with Crippen LogP contribution in [0.25, 0.3) is 0 Å². The summed E-state index contributed by atoms with van der Waals surface area (Å²) >= 11 is 0. The molecular formula is C13H27O6Y-. The van der Waals surface area contributed by atoms with Crippen LogP contribution >= 0.6 is 0 Å². The molecule has 0 aromatic carbocycles. The molecule has 0 saturated carbocycles. The Labute approximate surface area is 147 Å². The largest absolute Gasteiger partial charge is 0.385 e. The molecule has 1 aliphatic rings. The number of hydrogen-bond acceptors (Lipinski definition) is 6. The molecule has 20 heavy (non-hydrogen) atoms. The van der Waals surface area contributed by atoms with Gasteiger partial charge in [-0.05, 0) is 0 Å². The summed E-state index contributed by atoms with van der Waals surface area (Å²) in [4.78, 5) is 0. The average molecular weight is 368 g/mol. The second-order valence-electron chi connectivity index (χ2n) is 4.13. The van der Waals surface area contributed by atoms with Crippen molar-refractivity contribution in [2.45, 2.75) is 44.1 Å². The fourth-order valence-corrected chi connectivity index (χ4v) is 1.94. The molecule has 1 rings (SSSR count). The van der Waals surface area contributed by atoms with E-state index in [4.69, 9.17) is 23.7 Å². The molecule has 0 aromatic heterocycles. The van der Waals surface area contributed by atoms with Crippen LogP contribution in [0.2, 0.25) is 0 Å². The standard InChI is InChI=1S/C10H20O6.C3H7.Y/c1-12-5-6-8(13-2)9(14-3)7(11)10(15-4)16-6;1-3-2;/h6-11H,5H2,1-4H3;1,3H2,2H3;/q;-1;/t6?,7?,8-,9+,10+;;/m1../s1. The molecule has 1 heterocycles. The number of rotatable bonds is 5. The number of aliphatic hydroxyl groups excluding tert-OH is 1. The summed E-state index contributed by atoms with van der Waals surface area (Å²) in [5.74, 6) is 0. The molecule has 119 valence electrons. The third-order valence-corrected chi connectivity index (χ3v) is 2.72. The minimum Gasteiger partial charge on any atom is -0.385 e. The molecule has 0 bridgehead atoms. The number of hydrogen-bond donors (Lipinski definition) is 1. The second kappa shape index (κ2) is 13.5. The van der Waals surface area contributed by atoms with Gasteiger partial charge in [-0.25, -0.2) is 0 Å². The molecule has 0 aromatic rings. The molecule has 1 N–H and O–H groups in total. The summed E-state index contributed by atoms with van der Waals surface area (Å²) in [5.41, 5.74) is 0. The summed E-state index contributed by atoms with van der Waals surface area (Å²) < 4.78 is 26.1. The van der Waals surface area contributed by atoms with Gasteiger partial charge in [0.05, 0.1) is 6.61 Å². The van der Waals surface area contributed by atoms with Crippen molar-refractivity contribution in [3.63, 3.8) is 0 Å². The maximum atomic E-state index is 9.92. The summed E-state index contributed by atoms with van der Waals surface area (Å²) in [7, 11) is 6.10. The van der Waals surface area contributed by atoms with Crippen molar-refractivity contribution in [2.24, 2.45) is 0 Å². The fourth-order valence-electron chi connectivity index (χ4n) is 1.94. The van der Waals surface area contributed by atoms with Crippen molar-refractivity contribution in [2.75, 3.05) is 35.0 Å². The first-order valence-corrected chi connectivity index (χ1v) is 6.31. The van der Waals surface area contributed by atoms with Gasteiger partial charge in [-0.2, -0.15) is 6.42 Å². The third kappa shape index (κ3) is 6.75. The van der Waals surface area contributed by atoms with Gasteiger partial charge in [0, 0.05) is 61.1 Å². The van der Waals surface area contributed by atoms with Gasteiger partial charge in [0.2, 0.25) is 0 Å². The van der Waals surface area contributed by atoms with Gasteiger partial charge in [0.1, 0.15) is 24.4 Å². The first kappa shape index (κ1) is 23.1. The van der Waals surface area contributed by atoms with Gasteiger partial charge in [-0.15, -0.1) is 0 Å². The Kier molecular flexibility index (Phi) is 15.6. The van der Waals surface area contributed by atoms with Crippen LogP contribution in [0.5, 0.6) is 0 Å². The molecule has 0 amide bonds. The van der Waals surface area contributed by atoms with Crippen LogP contribution in [0.3, 0.4) is 0 Å². The van der Waals surface area contributed by atoms with E-state index in [1.54, 1.807) is 14.2 Å². The molecule has 1 radical (unpaired) electrons. The zero-order valence-corrected chi connectivity index (χ0v) is 15.9. The average Bonchev–Trinajstić information content (AvgIpc) is 2.41. The van der Waals surface area contributed by atoms with E-state index in [0.717, 1.165) is 6.42 Å². The predicted octanol–water partition coefficient (Wildman–Crippen LogP) is 0.623. The van der Waals surface area contributed by atoms with E-state index >= 15 is 0 Å². The smallest absolute Gasteiger partial charge is 0.186 e. The van der Waals surface area contributed by atoms with Gasteiger partial charge >= 0.3 is 0 Å². The van der Waals surface area contributed by atoms with Crippen LogP contribution < -0.4 is 0 Å². The Bertz CT molecular complexity index is 215. The SMILES string of the molecule is COCC1O[C@H](OC)C(O)[C@H](OC)[C@@H]1OC.[CH2-]CC.[Y]. The first-order chi connectivity index (χ1) is 9.10. The third-order valence-electron chi connectivity index (χ3n) is 2.72. The van der Waals surface area contributed by atoms with E-state index in [1.165, 1.54) is 14.2 Å². The van der Waals surface area contributed by atoms with Crippen molar-refractivity contribution in [1.29, 1.82) is 0 Å². The summed E-state index contributed by atoms with van der Waals surface area (Å²) in [5, 5.41) is 9.92.